The molecule has 194 valence electrons. The smallest absolute Gasteiger partial charge is 0.259 e. The molecule has 6 rings (SSSR count). The highest BCUT2D eigenvalue weighted by atomic mass is 32.2. The van der Waals surface area contributed by atoms with Crippen molar-refractivity contribution in [1.82, 2.24) is 24.8 Å². The third kappa shape index (κ3) is 4.31. The van der Waals surface area contributed by atoms with Crippen molar-refractivity contribution in [2.45, 2.75) is 65.1 Å². The first-order chi connectivity index (χ1) is 17.8. The minimum Gasteiger partial charge on any atom is -0.381 e. The highest BCUT2D eigenvalue weighted by Gasteiger charge is 2.40. The second-order valence-corrected chi connectivity index (χ2v) is 11.8. The molecule has 3 aliphatic rings. The summed E-state index contributed by atoms with van der Waals surface area (Å²) in [6.45, 7) is 7.01. The van der Waals surface area contributed by atoms with E-state index in [4.69, 9.17) is 10.7 Å². The lowest BCUT2D eigenvalue weighted by Crippen LogP contribution is -2.43. The van der Waals surface area contributed by atoms with Crippen LogP contribution in [0.4, 0.5) is 11.5 Å². The van der Waals surface area contributed by atoms with E-state index in [1.807, 2.05) is 17.0 Å². The number of carbonyl (C=O) groups is 2. The number of anilines is 2. The van der Waals surface area contributed by atoms with Gasteiger partial charge in [-0.3, -0.25) is 9.59 Å². The average Bonchev–Trinajstić information content (AvgIpc) is 3.58. The molecule has 3 aromatic rings. The summed E-state index contributed by atoms with van der Waals surface area (Å²) in [5, 5.41) is 7.39. The van der Waals surface area contributed by atoms with Gasteiger partial charge < -0.3 is 20.7 Å². The number of amides is 2. The van der Waals surface area contributed by atoms with Gasteiger partial charge in [0.1, 0.15) is 5.56 Å². The van der Waals surface area contributed by atoms with E-state index >= 15 is 0 Å². The molecule has 4 N–H and O–H groups in total. The van der Waals surface area contributed by atoms with Crippen molar-refractivity contribution in [3.63, 3.8) is 0 Å². The first-order valence-electron chi connectivity index (χ1n) is 13.2. The zero-order valence-electron chi connectivity index (χ0n) is 21.5. The lowest BCUT2D eigenvalue weighted by Gasteiger charge is -2.33. The van der Waals surface area contributed by atoms with Crippen LogP contribution in [0.5, 0.6) is 0 Å². The molecule has 37 heavy (non-hydrogen) atoms. The predicted octanol–water partition coefficient (Wildman–Crippen LogP) is 4.34. The summed E-state index contributed by atoms with van der Waals surface area (Å²) in [5.41, 5.74) is 11.0. The summed E-state index contributed by atoms with van der Waals surface area (Å²) < 4.78 is 4.94. The molecule has 2 aromatic heterocycles. The van der Waals surface area contributed by atoms with Crippen molar-refractivity contribution in [2.75, 3.05) is 16.2 Å². The van der Waals surface area contributed by atoms with Crippen LogP contribution in [-0.2, 0) is 6.54 Å². The van der Waals surface area contributed by atoms with Gasteiger partial charge in [-0.05, 0) is 68.2 Å². The van der Waals surface area contributed by atoms with E-state index < -0.39 is 0 Å². The molecule has 1 aliphatic heterocycles. The highest BCUT2D eigenvalue weighted by molar-refractivity contribution is 8.00. The van der Waals surface area contributed by atoms with Crippen molar-refractivity contribution < 1.29 is 9.59 Å². The van der Waals surface area contributed by atoms with Gasteiger partial charge in [0.2, 0.25) is 0 Å². The van der Waals surface area contributed by atoms with E-state index in [1.54, 1.807) is 22.7 Å². The molecular formula is C27H33N7O2S. The van der Waals surface area contributed by atoms with Gasteiger partial charge in [-0.2, -0.15) is 0 Å². The summed E-state index contributed by atoms with van der Waals surface area (Å²) in [5.74, 6) is 2.12. The standard InChI is InChI=1S/C27H33N7O2S/c1-4-37-32-21-12-17(11-18-13-33(27(36)22(18)21)15(3)16-5-6-16)20-7-8-34-25(30-20)23(24(28)31-34)26(35)29-19-9-14(2)10-19/h7-8,11-12,14-16,19,32H,4-6,9-10,13H2,1-3H3,(H2,28,31)(H,29,35). The maximum absolute atomic E-state index is 13.4. The summed E-state index contributed by atoms with van der Waals surface area (Å²) >= 11 is 1.56. The van der Waals surface area contributed by atoms with E-state index in [2.05, 4.69) is 42.0 Å². The average molecular weight is 520 g/mol. The minimum absolute atomic E-state index is 0.0939. The molecule has 2 aliphatic carbocycles. The molecule has 0 bridgehead atoms. The molecule has 2 amide bonds. The number of hydrogen-bond donors (Lipinski definition) is 3. The van der Waals surface area contributed by atoms with Gasteiger partial charge in [0.15, 0.2) is 11.5 Å². The van der Waals surface area contributed by atoms with Crippen LogP contribution < -0.4 is 15.8 Å². The number of nitrogens with one attached hydrogen (secondary N) is 2. The number of nitrogen functional groups attached to an aromatic ring is 1. The maximum atomic E-state index is 13.4. The van der Waals surface area contributed by atoms with Gasteiger partial charge in [-0.15, -0.1) is 5.10 Å². The van der Waals surface area contributed by atoms with Crippen LogP contribution in [0, 0.1) is 11.8 Å². The normalized spacial score (nSPS) is 21.6. The van der Waals surface area contributed by atoms with Crippen LogP contribution in [0.2, 0.25) is 0 Å². The topological polar surface area (TPSA) is 118 Å². The fourth-order valence-corrected chi connectivity index (χ4v) is 6.08. The van der Waals surface area contributed by atoms with Gasteiger partial charge >= 0.3 is 0 Å². The Kier molecular flexibility index (Phi) is 6.01. The minimum atomic E-state index is -0.236. The lowest BCUT2D eigenvalue weighted by molar-refractivity contribution is 0.0698. The van der Waals surface area contributed by atoms with Gasteiger partial charge in [0.25, 0.3) is 11.8 Å². The van der Waals surface area contributed by atoms with E-state index in [9.17, 15) is 9.59 Å². The molecule has 3 heterocycles. The number of aromatic nitrogens is 3. The van der Waals surface area contributed by atoms with Crippen LogP contribution in [0.25, 0.3) is 16.9 Å². The van der Waals surface area contributed by atoms with Gasteiger partial charge in [-0.1, -0.05) is 25.8 Å². The summed E-state index contributed by atoms with van der Waals surface area (Å²) in [6, 6.07) is 6.31. The number of benzene rings is 1. The first kappa shape index (κ1) is 24.1. The molecule has 0 saturated heterocycles. The molecular weight excluding hydrogens is 486 g/mol. The van der Waals surface area contributed by atoms with E-state index in [1.165, 1.54) is 12.8 Å². The Morgan fingerprint density at radius 2 is 2.08 bits per heavy atom. The van der Waals surface area contributed by atoms with Crippen LogP contribution in [-0.4, -0.2) is 49.1 Å². The molecule has 0 spiro atoms. The van der Waals surface area contributed by atoms with Crippen LogP contribution in [0.15, 0.2) is 24.4 Å². The van der Waals surface area contributed by atoms with E-state index in [0.717, 1.165) is 41.0 Å². The lowest BCUT2D eigenvalue weighted by atomic mass is 9.82. The maximum Gasteiger partial charge on any atom is 0.259 e. The third-order valence-electron chi connectivity index (χ3n) is 7.90. The van der Waals surface area contributed by atoms with Crippen LogP contribution in [0.3, 0.4) is 0 Å². The Bertz CT molecular complexity index is 1390. The van der Waals surface area contributed by atoms with Crippen molar-refractivity contribution in [3.8, 4) is 11.3 Å². The number of fused-ring (bicyclic) bond motifs is 2. The fraction of sp³-hybridized carbons (Fsp3) is 0.481. The molecule has 1 unspecified atom stereocenters. The number of carbonyl (C=O) groups excluding carboxylic acids is 2. The SMILES string of the molecule is CCSNc1cc(-c2ccn3nc(N)c(C(=O)NC4CC(C)C4)c3n2)cc2c1C(=O)N(C(C)C1CC1)C2. The Morgan fingerprint density at radius 3 is 2.78 bits per heavy atom. The van der Waals surface area contributed by atoms with E-state index in [-0.39, 0.29) is 29.7 Å². The number of nitrogens with zero attached hydrogens (tertiary/aromatic N) is 4. The fourth-order valence-electron chi connectivity index (χ4n) is 5.62. The monoisotopic (exact) mass is 519 g/mol. The first-order valence-corrected chi connectivity index (χ1v) is 14.1. The van der Waals surface area contributed by atoms with Gasteiger partial charge in [0.05, 0.1) is 16.9 Å². The molecule has 1 aromatic carbocycles. The quantitative estimate of drug-likeness (QED) is 0.379. The predicted molar refractivity (Wildman–Crippen MR) is 146 cm³/mol. The number of nitrogens with two attached hydrogens (primary N) is 1. The zero-order valence-corrected chi connectivity index (χ0v) is 22.3. The van der Waals surface area contributed by atoms with Crippen molar-refractivity contribution >= 4 is 40.9 Å². The van der Waals surface area contributed by atoms with Crippen LogP contribution in [0.1, 0.15) is 72.7 Å². The third-order valence-corrected chi connectivity index (χ3v) is 8.55. The van der Waals surface area contributed by atoms with Crippen molar-refractivity contribution in [1.29, 1.82) is 0 Å². The Labute approximate surface area is 220 Å². The molecule has 1 atom stereocenters. The summed E-state index contributed by atoms with van der Waals surface area (Å²) in [7, 11) is 0. The largest absolute Gasteiger partial charge is 0.381 e. The second kappa shape index (κ2) is 9.24. The van der Waals surface area contributed by atoms with Crippen molar-refractivity contribution in [2.24, 2.45) is 11.8 Å². The second-order valence-electron chi connectivity index (χ2n) is 10.7. The van der Waals surface area contributed by atoms with E-state index in [0.29, 0.717) is 35.3 Å². The zero-order chi connectivity index (χ0) is 25.8. The summed E-state index contributed by atoms with van der Waals surface area (Å²) in [4.78, 5) is 33.4. The molecule has 0 radical (unpaired) electrons. The molecule has 9 nitrogen and oxygen atoms in total. The van der Waals surface area contributed by atoms with Gasteiger partial charge in [-0.25, -0.2) is 9.50 Å². The van der Waals surface area contributed by atoms with Gasteiger partial charge in [0, 0.05) is 36.1 Å². The van der Waals surface area contributed by atoms with Crippen molar-refractivity contribution in [3.05, 3.63) is 41.1 Å². The Hall–Kier alpha value is -3.27. The highest BCUT2D eigenvalue weighted by Crippen LogP contribution is 2.41. The summed E-state index contributed by atoms with van der Waals surface area (Å²) in [6.07, 6.45) is 6.11. The Morgan fingerprint density at radius 1 is 1.30 bits per heavy atom. The number of rotatable bonds is 8. The molecule has 2 fully saturated rings. The molecule has 10 heteroatoms. The Balaban J connectivity index is 1.37. The molecule has 2 saturated carbocycles. The van der Waals surface area contributed by atoms with Crippen LogP contribution >= 0.6 is 11.9 Å². The number of hydrogen-bond acceptors (Lipinski definition) is 7.